The third kappa shape index (κ3) is 1.62. The van der Waals surface area contributed by atoms with E-state index in [0.29, 0.717) is 11.6 Å². The second-order valence-corrected chi connectivity index (χ2v) is 4.15. The molecule has 0 saturated carbocycles. The van der Waals surface area contributed by atoms with Gasteiger partial charge in [0.25, 0.3) is 0 Å². The molecule has 0 fully saturated rings. The first-order valence-corrected chi connectivity index (χ1v) is 5.18. The van der Waals surface area contributed by atoms with E-state index in [1.54, 1.807) is 10.7 Å². The zero-order valence-electron chi connectivity index (χ0n) is 9.78. The summed E-state index contributed by atoms with van der Waals surface area (Å²) in [5, 5.41) is 4.20. The van der Waals surface area contributed by atoms with Gasteiger partial charge in [0.1, 0.15) is 11.6 Å². The molecule has 4 heteroatoms. The Balaban J connectivity index is 2.69. The van der Waals surface area contributed by atoms with E-state index in [1.165, 1.54) is 5.56 Å². The Hall–Kier alpha value is -1.97. The van der Waals surface area contributed by atoms with Crippen molar-refractivity contribution in [2.75, 3.05) is 11.5 Å². The maximum atomic E-state index is 5.87. The van der Waals surface area contributed by atoms with Gasteiger partial charge in [-0.25, -0.2) is 4.68 Å². The number of benzene rings is 1. The first-order valence-electron chi connectivity index (χ1n) is 5.18. The number of nitrogens with two attached hydrogens (primary N) is 2. The summed E-state index contributed by atoms with van der Waals surface area (Å²) in [6.07, 6.45) is 0. The molecule has 4 nitrogen and oxygen atoms in total. The van der Waals surface area contributed by atoms with Crippen LogP contribution in [-0.4, -0.2) is 9.78 Å². The topological polar surface area (TPSA) is 69.9 Å². The van der Waals surface area contributed by atoms with Crippen molar-refractivity contribution in [2.45, 2.75) is 20.8 Å². The molecule has 16 heavy (non-hydrogen) atoms. The number of anilines is 2. The molecule has 0 aliphatic rings. The van der Waals surface area contributed by atoms with E-state index >= 15 is 0 Å². The molecule has 0 unspecified atom stereocenters. The molecule has 0 amide bonds. The van der Waals surface area contributed by atoms with Crippen molar-refractivity contribution in [3.8, 4) is 5.69 Å². The highest BCUT2D eigenvalue weighted by Crippen LogP contribution is 2.23. The Labute approximate surface area is 94.9 Å². The standard InChI is InChI=1S/C12H16N4/c1-7-4-8(2)12(9(3)5-7)16-11(14)6-10(13)15-16/h4-6H,14H2,1-3H3,(H2,13,15). The number of aryl methyl sites for hydroxylation is 3. The van der Waals surface area contributed by atoms with Crippen LogP contribution in [0.25, 0.3) is 5.69 Å². The molecule has 1 aromatic heterocycles. The molecule has 84 valence electrons. The first kappa shape index (κ1) is 10.5. The quantitative estimate of drug-likeness (QED) is 0.765. The zero-order chi connectivity index (χ0) is 11.9. The highest BCUT2D eigenvalue weighted by molar-refractivity contribution is 5.55. The van der Waals surface area contributed by atoms with E-state index in [-0.39, 0.29) is 0 Å². The predicted molar refractivity (Wildman–Crippen MR) is 66.6 cm³/mol. The molecule has 0 radical (unpaired) electrons. The maximum Gasteiger partial charge on any atom is 0.148 e. The lowest BCUT2D eigenvalue weighted by Gasteiger charge is -2.12. The van der Waals surface area contributed by atoms with Gasteiger partial charge in [-0.3, -0.25) is 0 Å². The SMILES string of the molecule is Cc1cc(C)c(-n2nc(N)cc2N)c(C)c1. The van der Waals surface area contributed by atoms with Crippen molar-refractivity contribution in [2.24, 2.45) is 0 Å². The Morgan fingerprint density at radius 2 is 1.56 bits per heavy atom. The number of nitrogen functional groups attached to an aromatic ring is 2. The Bertz CT molecular complexity index is 517. The van der Waals surface area contributed by atoms with Crippen LogP contribution in [0.2, 0.25) is 0 Å². The molecule has 0 saturated heterocycles. The highest BCUT2D eigenvalue weighted by Gasteiger charge is 2.10. The third-order valence-electron chi connectivity index (χ3n) is 2.60. The summed E-state index contributed by atoms with van der Waals surface area (Å²) in [5.41, 5.74) is 16.0. The summed E-state index contributed by atoms with van der Waals surface area (Å²) in [6.45, 7) is 6.17. The Kier molecular flexibility index (Phi) is 2.34. The van der Waals surface area contributed by atoms with Gasteiger partial charge in [0.2, 0.25) is 0 Å². The van der Waals surface area contributed by atoms with Crippen molar-refractivity contribution in [3.05, 3.63) is 34.9 Å². The fourth-order valence-electron chi connectivity index (χ4n) is 2.10. The van der Waals surface area contributed by atoms with Gasteiger partial charge in [0, 0.05) is 6.07 Å². The predicted octanol–water partition coefficient (Wildman–Crippen LogP) is 1.96. The molecule has 0 bridgehead atoms. The monoisotopic (exact) mass is 216 g/mol. The van der Waals surface area contributed by atoms with E-state index in [2.05, 4.69) is 24.2 Å². The molecule has 0 spiro atoms. The van der Waals surface area contributed by atoms with Crippen LogP contribution in [0.15, 0.2) is 18.2 Å². The van der Waals surface area contributed by atoms with Crippen molar-refractivity contribution in [1.29, 1.82) is 0 Å². The molecule has 4 N–H and O–H groups in total. The molecular formula is C12H16N4. The van der Waals surface area contributed by atoms with Gasteiger partial charge in [0.15, 0.2) is 0 Å². The normalized spacial score (nSPS) is 10.7. The van der Waals surface area contributed by atoms with Crippen LogP contribution in [0.3, 0.4) is 0 Å². The van der Waals surface area contributed by atoms with Crippen LogP contribution >= 0.6 is 0 Å². The van der Waals surface area contributed by atoms with E-state index in [4.69, 9.17) is 11.5 Å². The fourth-order valence-corrected chi connectivity index (χ4v) is 2.10. The smallest absolute Gasteiger partial charge is 0.148 e. The van der Waals surface area contributed by atoms with Gasteiger partial charge < -0.3 is 11.5 Å². The maximum absolute atomic E-state index is 5.87. The number of aromatic nitrogens is 2. The summed E-state index contributed by atoms with van der Waals surface area (Å²) >= 11 is 0. The number of hydrogen-bond donors (Lipinski definition) is 2. The van der Waals surface area contributed by atoms with Crippen molar-refractivity contribution in [1.82, 2.24) is 9.78 Å². The molecule has 2 aromatic rings. The van der Waals surface area contributed by atoms with Crippen LogP contribution in [0.5, 0.6) is 0 Å². The fraction of sp³-hybridized carbons (Fsp3) is 0.250. The summed E-state index contributed by atoms with van der Waals surface area (Å²) in [7, 11) is 0. The zero-order valence-corrected chi connectivity index (χ0v) is 9.78. The second-order valence-electron chi connectivity index (χ2n) is 4.15. The van der Waals surface area contributed by atoms with Crippen LogP contribution in [0.1, 0.15) is 16.7 Å². The van der Waals surface area contributed by atoms with Gasteiger partial charge >= 0.3 is 0 Å². The van der Waals surface area contributed by atoms with Gasteiger partial charge in [-0.2, -0.15) is 0 Å². The van der Waals surface area contributed by atoms with Gasteiger partial charge in [-0.15, -0.1) is 5.10 Å². The average Bonchev–Trinajstić information content (AvgIpc) is 2.43. The number of hydrogen-bond acceptors (Lipinski definition) is 3. The second kappa shape index (κ2) is 3.56. The summed E-state index contributed by atoms with van der Waals surface area (Å²) in [4.78, 5) is 0. The average molecular weight is 216 g/mol. The Morgan fingerprint density at radius 1 is 1.00 bits per heavy atom. The third-order valence-corrected chi connectivity index (χ3v) is 2.60. The minimum atomic E-state index is 0.442. The van der Waals surface area contributed by atoms with Gasteiger partial charge in [-0.05, 0) is 31.9 Å². The minimum absolute atomic E-state index is 0.442. The lowest BCUT2D eigenvalue weighted by molar-refractivity contribution is 0.879. The molecule has 1 heterocycles. The summed E-state index contributed by atoms with van der Waals surface area (Å²) < 4.78 is 1.69. The molecule has 0 aliphatic carbocycles. The molecule has 0 atom stereocenters. The van der Waals surface area contributed by atoms with Crippen LogP contribution in [-0.2, 0) is 0 Å². The summed E-state index contributed by atoms with van der Waals surface area (Å²) in [6, 6.07) is 5.89. The Morgan fingerprint density at radius 3 is 2.00 bits per heavy atom. The number of rotatable bonds is 1. The minimum Gasteiger partial charge on any atom is -0.384 e. The molecule has 1 aromatic carbocycles. The van der Waals surface area contributed by atoms with E-state index in [9.17, 15) is 0 Å². The number of nitrogens with zero attached hydrogens (tertiary/aromatic N) is 2. The molecule has 2 rings (SSSR count). The van der Waals surface area contributed by atoms with E-state index < -0.39 is 0 Å². The van der Waals surface area contributed by atoms with Crippen molar-refractivity contribution < 1.29 is 0 Å². The van der Waals surface area contributed by atoms with E-state index in [0.717, 1.165) is 16.8 Å². The van der Waals surface area contributed by atoms with E-state index in [1.807, 2.05) is 13.8 Å². The lowest BCUT2D eigenvalue weighted by atomic mass is 10.1. The van der Waals surface area contributed by atoms with Crippen LogP contribution < -0.4 is 11.5 Å². The largest absolute Gasteiger partial charge is 0.384 e. The van der Waals surface area contributed by atoms with Crippen molar-refractivity contribution >= 4 is 11.6 Å². The van der Waals surface area contributed by atoms with Gasteiger partial charge in [0.05, 0.1) is 5.69 Å². The van der Waals surface area contributed by atoms with Crippen LogP contribution in [0.4, 0.5) is 11.6 Å². The first-order chi connectivity index (χ1) is 7.49. The molecule has 0 aliphatic heterocycles. The van der Waals surface area contributed by atoms with Gasteiger partial charge in [-0.1, -0.05) is 17.7 Å². The van der Waals surface area contributed by atoms with Crippen molar-refractivity contribution in [3.63, 3.8) is 0 Å². The summed E-state index contributed by atoms with van der Waals surface area (Å²) in [5.74, 6) is 1.00. The lowest BCUT2D eigenvalue weighted by Crippen LogP contribution is -2.06. The molecular weight excluding hydrogens is 200 g/mol. The van der Waals surface area contributed by atoms with Crippen LogP contribution in [0, 0.1) is 20.8 Å². The highest BCUT2D eigenvalue weighted by atomic mass is 15.3.